The fourth-order valence-corrected chi connectivity index (χ4v) is 4.90. The van der Waals surface area contributed by atoms with Gasteiger partial charge < -0.3 is 20.5 Å². The van der Waals surface area contributed by atoms with Gasteiger partial charge in [0.15, 0.2) is 0 Å². The molecule has 2 aliphatic carbocycles. The van der Waals surface area contributed by atoms with Crippen molar-refractivity contribution in [2.45, 2.75) is 57.0 Å². The number of amides is 2. The van der Waals surface area contributed by atoms with Crippen molar-refractivity contribution < 1.29 is 24.2 Å². The summed E-state index contributed by atoms with van der Waals surface area (Å²) in [5, 5.41) is 14.8. The van der Waals surface area contributed by atoms with Crippen molar-refractivity contribution in [1.82, 2.24) is 10.6 Å². The molecule has 1 saturated carbocycles. The first kappa shape index (κ1) is 22.8. The van der Waals surface area contributed by atoms with E-state index >= 15 is 0 Å². The van der Waals surface area contributed by atoms with Gasteiger partial charge in [-0.3, -0.25) is 9.59 Å². The molecule has 1 unspecified atom stereocenters. The number of benzene rings is 2. The highest BCUT2D eigenvalue weighted by molar-refractivity contribution is 5.79. The molecule has 0 bridgehead atoms. The molecule has 2 aromatic rings. The van der Waals surface area contributed by atoms with Crippen LogP contribution in [0.5, 0.6) is 0 Å². The van der Waals surface area contributed by atoms with Crippen LogP contribution in [0.25, 0.3) is 11.1 Å². The van der Waals surface area contributed by atoms with Crippen molar-refractivity contribution in [3.8, 4) is 11.1 Å². The third-order valence-corrected chi connectivity index (χ3v) is 6.66. The van der Waals surface area contributed by atoms with Gasteiger partial charge in [0.25, 0.3) is 0 Å². The second kappa shape index (κ2) is 10.1. The largest absolute Gasteiger partial charge is 0.481 e. The van der Waals surface area contributed by atoms with Crippen LogP contribution in [0.3, 0.4) is 0 Å². The van der Waals surface area contributed by atoms with Crippen LogP contribution < -0.4 is 10.6 Å². The van der Waals surface area contributed by atoms with E-state index < -0.39 is 12.1 Å². The van der Waals surface area contributed by atoms with Crippen LogP contribution in [0.1, 0.15) is 56.1 Å². The summed E-state index contributed by atoms with van der Waals surface area (Å²) >= 11 is 0. The zero-order valence-corrected chi connectivity index (χ0v) is 18.8. The van der Waals surface area contributed by atoms with Crippen molar-refractivity contribution in [1.29, 1.82) is 0 Å². The molecular formula is C26H30N2O5. The van der Waals surface area contributed by atoms with Gasteiger partial charge >= 0.3 is 12.1 Å². The molecule has 3 atom stereocenters. The molecule has 2 aromatic carbocycles. The van der Waals surface area contributed by atoms with Crippen molar-refractivity contribution >= 4 is 18.0 Å². The summed E-state index contributed by atoms with van der Waals surface area (Å²) in [6.45, 7) is 2.09. The fraction of sp³-hybridized carbons (Fsp3) is 0.423. The van der Waals surface area contributed by atoms with E-state index in [9.17, 15) is 14.4 Å². The normalized spacial score (nSPS) is 19.9. The quantitative estimate of drug-likeness (QED) is 0.563. The monoisotopic (exact) mass is 450 g/mol. The predicted molar refractivity (Wildman–Crippen MR) is 124 cm³/mol. The molecule has 1 fully saturated rings. The van der Waals surface area contributed by atoms with Crippen LogP contribution >= 0.6 is 0 Å². The van der Waals surface area contributed by atoms with E-state index in [2.05, 4.69) is 34.9 Å². The van der Waals surface area contributed by atoms with Gasteiger partial charge in [-0.15, -0.1) is 0 Å². The Hall–Kier alpha value is -3.35. The van der Waals surface area contributed by atoms with Crippen molar-refractivity contribution in [2.24, 2.45) is 5.92 Å². The molecule has 2 amide bonds. The number of carboxylic acids is 1. The molecule has 4 rings (SSSR count). The average Bonchev–Trinajstić information content (AvgIpc) is 3.39. The third kappa shape index (κ3) is 5.35. The number of nitrogens with one attached hydrogen (secondary N) is 2. The minimum atomic E-state index is -0.798. The topological polar surface area (TPSA) is 105 Å². The number of hydrogen-bond acceptors (Lipinski definition) is 4. The van der Waals surface area contributed by atoms with Crippen molar-refractivity contribution in [3.63, 3.8) is 0 Å². The summed E-state index contributed by atoms with van der Waals surface area (Å²) in [7, 11) is 0. The van der Waals surface area contributed by atoms with Gasteiger partial charge in [-0.05, 0) is 54.9 Å². The molecule has 33 heavy (non-hydrogen) atoms. The lowest BCUT2D eigenvalue weighted by Gasteiger charge is -2.18. The standard InChI is InChI=1S/C26H30N2O5/c1-16(10-13-24(29)28-18-12-11-17(14-18)25(30)31)27-26(32)33-15-23-21-8-4-2-6-19(21)20-7-3-5-9-22(20)23/h2-9,16-18,23H,10-15H2,1H3,(H,27,32)(H,28,29)(H,30,31)/t16?,17-,18+/m1/s1. The number of aliphatic carboxylic acids is 1. The number of rotatable bonds is 8. The maximum Gasteiger partial charge on any atom is 0.407 e. The lowest BCUT2D eigenvalue weighted by molar-refractivity contribution is -0.141. The summed E-state index contributed by atoms with van der Waals surface area (Å²) in [6, 6.07) is 16.1. The molecular weight excluding hydrogens is 420 g/mol. The van der Waals surface area contributed by atoms with Gasteiger partial charge in [-0.1, -0.05) is 48.5 Å². The number of carbonyl (C=O) groups excluding carboxylic acids is 2. The SMILES string of the molecule is CC(CCC(=O)N[C@H]1CC[C@@H](C(=O)O)C1)NC(=O)OCC1c2ccccc2-c2ccccc21. The van der Waals surface area contributed by atoms with Gasteiger partial charge in [0.2, 0.25) is 5.91 Å². The molecule has 0 aliphatic heterocycles. The van der Waals surface area contributed by atoms with Gasteiger partial charge in [-0.2, -0.15) is 0 Å². The minimum absolute atomic E-state index is 0.00488. The summed E-state index contributed by atoms with van der Waals surface area (Å²) in [5.74, 6) is -1.28. The second-order valence-corrected chi connectivity index (χ2v) is 9.02. The third-order valence-electron chi connectivity index (χ3n) is 6.66. The number of hydrogen-bond donors (Lipinski definition) is 3. The summed E-state index contributed by atoms with van der Waals surface area (Å²) < 4.78 is 5.55. The molecule has 174 valence electrons. The number of carboxylic acid groups (broad SMARTS) is 1. The zero-order chi connectivity index (χ0) is 23.4. The van der Waals surface area contributed by atoms with Crippen LogP contribution in [0.15, 0.2) is 48.5 Å². The first-order chi connectivity index (χ1) is 15.9. The summed E-state index contributed by atoms with van der Waals surface area (Å²) in [5.41, 5.74) is 4.68. The molecule has 0 aromatic heterocycles. The molecule has 2 aliphatic rings. The van der Waals surface area contributed by atoms with E-state index in [4.69, 9.17) is 9.84 Å². The lowest BCUT2D eigenvalue weighted by Crippen LogP contribution is -2.37. The zero-order valence-electron chi connectivity index (χ0n) is 18.8. The Morgan fingerprint density at radius 1 is 1.03 bits per heavy atom. The maximum absolute atomic E-state index is 12.4. The van der Waals surface area contributed by atoms with E-state index in [1.807, 2.05) is 31.2 Å². The number of alkyl carbamates (subject to hydrolysis) is 1. The van der Waals surface area contributed by atoms with Gasteiger partial charge in [0.05, 0.1) is 5.92 Å². The number of carbonyl (C=O) groups is 3. The maximum atomic E-state index is 12.4. The smallest absolute Gasteiger partial charge is 0.407 e. The molecule has 7 nitrogen and oxygen atoms in total. The lowest BCUT2D eigenvalue weighted by atomic mass is 9.98. The van der Waals surface area contributed by atoms with Gasteiger partial charge in [-0.25, -0.2) is 4.79 Å². The van der Waals surface area contributed by atoms with E-state index in [-0.39, 0.29) is 42.9 Å². The Kier molecular flexibility index (Phi) is 6.96. The van der Waals surface area contributed by atoms with Gasteiger partial charge in [0, 0.05) is 24.4 Å². The minimum Gasteiger partial charge on any atom is -0.481 e. The highest BCUT2D eigenvalue weighted by atomic mass is 16.5. The van der Waals surface area contributed by atoms with Crippen molar-refractivity contribution in [3.05, 3.63) is 59.7 Å². The predicted octanol–water partition coefficient (Wildman–Crippen LogP) is 4.06. The van der Waals surface area contributed by atoms with Crippen LogP contribution in [0.2, 0.25) is 0 Å². The Bertz CT molecular complexity index is 991. The van der Waals surface area contributed by atoms with E-state index in [0.29, 0.717) is 25.7 Å². The second-order valence-electron chi connectivity index (χ2n) is 9.02. The first-order valence-electron chi connectivity index (χ1n) is 11.6. The Labute approximate surface area is 193 Å². The Morgan fingerprint density at radius 3 is 2.27 bits per heavy atom. The van der Waals surface area contributed by atoms with Crippen LogP contribution in [0.4, 0.5) is 4.79 Å². The van der Waals surface area contributed by atoms with E-state index in [1.54, 1.807) is 0 Å². The fourth-order valence-electron chi connectivity index (χ4n) is 4.90. The molecule has 0 radical (unpaired) electrons. The molecule has 0 heterocycles. The van der Waals surface area contributed by atoms with Crippen LogP contribution in [-0.4, -0.2) is 41.8 Å². The molecule has 0 spiro atoms. The highest BCUT2D eigenvalue weighted by Gasteiger charge is 2.31. The first-order valence-corrected chi connectivity index (χ1v) is 11.6. The summed E-state index contributed by atoms with van der Waals surface area (Å²) in [6.07, 6.45) is 2.01. The molecule has 7 heteroatoms. The number of fused-ring (bicyclic) bond motifs is 3. The van der Waals surface area contributed by atoms with Crippen molar-refractivity contribution in [2.75, 3.05) is 6.61 Å². The highest BCUT2D eigenvalue weighted by Crippen LogP contribution is 2.44. The summed E-state index contributed by atoms with van der Waals surface area (Å²) in [4.78, 5) is 35.6. The average molecular weight is 451 g/mol. The van der Waals surface area contributed by atoms with E-state index in [0.717, 1.165) is 11.1 Å². The van der Waals surface area contributed by atoms with Gasteiger partial charge in [0.1, 0.15) is 6.61 Å². The number of ether oxygens (including phenoxy) is 1. The molecule has 3 N–H and O–H groups in total. The van der Waals surface area contributed by atoms with Crippen LogP contribution in [-0.2, 0) is 14.3 Å². The Morgan fingerprint density at radius 2 is 1.67 bits per heavy atom. The Balaban J connectivity index is 1.21. The van der Waals surface area contributed by atoms with Crippen LogP contribution in [0, 0.1) is 5.92 Å². The molecule has 0 saturated heterocycles. The van der Waals surface area contributed by atoms with E-state index in [1.165, 1.54) is 11.1 Å².